The summed E-state index contributed by atoms with van der Waals surface area (Å²) in [6, 6.07) is 10.2. The number of methoxy groups -OCH3 is 2. The normalized spacial score (nSPS) is 13.0. The largest absolute Gasteiger partial charge is 0.493 e. The Balaban J connectivity index is 1.58. The molecule has 4 rings (SSSR count). The van der Waals surface area contributed by atoms with Crippen LogP contribution >= 0.6 is 0 Å². The maximum atomic E-state index is 5.44. The van der Waals surface area contributed by atoms with Crippen molar-refractivity contribution in [1.82, 2.24) is 15.0 Å². The zero-order valence-corrected chi connectivity index (χ0v) is 17.9. The van der Waals surface area contributed by atoms with Crippen LogP contribution in [-0.4, -0.2) is 42.8 Å². The SMILES string of the molecule is COc1ccc(CN(C)c2ncnc3c2CN(c2ccc(C)cn2)CC3)cc1OC. The molecule has 3 heterocycles. The molecule has 0 radical (unpaired) electrons. The van der Waals surface area contributed by atoms with E-state index in [2.05, 4.69) is 50.9 Å². The molecule has 0 saturated carbocycles. The average molecular weight is 406 g/mol. The number of benzene rings is 1. The van der Waals surface area contributed by atoms with Gasteiger partial charge in [-0.1, -0.05) is 12.1 Å². The monoisotopic (exact) mass is 405 g/mol. The molecular formula is C23H27N5O2. The highest BCUT2D eigenvalue weighted by atomic mass is 16.5. The van der Waals surface area contributed by atoms with E-state index in [9.17, 15) is 0 Å². The predicted molar refractivity (Wildman–Crippen MR) is 117 cm³/mol. The first-order chi connectivity index (χ1) is 14.6. The van der Waals surface area contributed by atoms with Gasteiger partial charge in [0, 0.05) is 44.9 Å². The minimum atomic E-state index is 0.701. The molecule has 7 nitrogen and oxygen atoms in total. The van der Waals surface area contributed by atoms with Crippen molar-refractivity contribution in [3.05, 3.63) is 65.2 Å². The second-order valence-corrected chi connectivity index (χ2v) is 7.53. The second kappa shape index (κ2) is 8.57. The van der Waals surface area contributed by atoms with Crippen LogP contribution in [0.15, 0.2) is 42.9 Å². The molecule has 3 aromatic rings. The van der Waals surface area contributed by atoms with Gasteiger partial charge in [0.15, 0.2) is 11.5 Å². The summed E-state index contributed by atoms with van der Waals surface area (Å²) in [5.74, 6) is 3.39. The van der Waals surface area contributed by atoms with E-state index in [1.807, 2.05) is 24.4 Å². The summed E-state index contributed by atoms with van der Waals surface area (Å²) in [6.45, 7) is 4.40. The fourth-order valence-electron chi connectivity index (χ4n) is 3.83. The maximum absolute atomic E-state index is 5.44. The molecule has 0 bridgehead atoms. The fourth-order valence-corrected chi connectivity index (χ4v) is 3.83. The van der Waals surface area contributed by atoms with Crippen LogP contribution in [0.4, 0.5) is 11.6 Å². The molecule has 0 spiro atoms. The molecule has 0 aliphatic carbocycles. The molecule has 30 heavy (non-hydrogen) atoms. The van der Waals surface area contributed by atoms with Crippen molar-refractivity contribution >= 4 is 11.6 Å². The standard InChI is InChI=1S/C23H27N5O2/c1-16-5-8-22(24-12-16)28-10-9-19-18(14-28)23(26-15-25-19)27(2)13-17-6-7-20(29-3)21(11-17)30-4/h5-8,11-12,15H,9-10,13-14H2,1-4H3. The molecule has 2 aromatic heterocycles. The number of hydrogen-bond donors (Lipinski definition) is 0. The summed E-state index contributed by atoms with van der Waals surface area (Å²) in [6.07, 6.45) is 4.46. The minimum absolute atomic E-state index is 0.701. The van der Waals surface area contributed by atoms with Crippen LogP contribution in [0.1, 0.15) is 22.4 Å². The van der Waals surface area contributed by atoms with Gasteiger partial charge in [0.25, 0.3) is 0 Å². The molecule has 0 saturated heterocycles. The summed E-state index contributed by atoms with van der Waals surface area (Å²) in [7, 11) is 5.35. The molecule has 156 valence electrons. The number of nitrogens with zero attached hydrogens (tertiary/aromatic N) is 5. The number of aryl methyl sites for hydroxylation is 1. The van der Waals surface area contributed by atoms with Gasteiger partial charge in [0.05, 0.1) is 19.9 Å². The Labute approximate surface area is 177 Å². The number of ether oxygens (including phenoxy) is 2. The number of aromatic nitrogens is 3. The van der Waals surface area contributed by atoms with E-state index in [-0.39, 0.29) is 0 Å². The third kappa shape index (κ3) is 4.01. The number of rotatable bonds is 6. The molecule has 0 unspecified atom stereocenters. The molecule has 1 aliphatic rings. The Morgan fingerprint density at radius 2 is 1.87 bits per heavy atom. The lowest BCUT2D eigenvalue weighted by molar-refractivity contribution is 0.354. The predicted octanol–water partition coefficient (Wildman–Crippen LogP) is 3.40. The van der Waals surface area contributed by atoms with Gasteiger partial charge in [0.1, 0.15) is 18.0 Å². The third-order valence-electron chi connectivity index (χ3n) is 5.43. The fraction of sp³-hybridized carbons (Fsp3) is 0.348. The lowest BCUT2D eigenvalue weighted by Crippen LogP contribution is -2.33. The summed E-state index contributed by atoms with van der Waals surface area (Å²) < 4.78 is 10.8. The van der Waals surface area contributed by atoms with Crippen LogP contribution in [0.2, 0.25) is 0 Å². The molecule has 0 N–H and O–H groups in total. The van der Waals surface area contributed by atoms with Gasteiger partial charge in [0.2, 0.25) is 0 Å². The van der Waals surface area contributed by atoms with Crippen LogP contribution in [0.3, 0.4) is 0 Å². The Bertz CT molecular complexity index is 1020. The van der Waals surface area contributed by atoms with Crippen LogP contribution < -0.4 is 19.3 Å². The lowest BCUT2D eigenvalue weighted by Gasteiger charge is -2.32. The quantitative estimate of drug-likeness (QED) is 0.623. The zero-order valence-electron chi connectivity index (χ0n) is 17.9. The van der Waals surface area contributed by atoms with E-state index in [1.165, 1.54) is 0 Å². The molecule has 1 aliphatic heterocycles. The number of anilines is 2. The third-order valence-corrected chi connectivity index (χ3v) is 5.43. The van der Waals surface area contributed by atoms with Crippen molar-refractivity contribution in [3.8, 4) is 11.5 Å². The van der Waals surface area contributed by atoms with Crippen LogP contribution in [0.5, 0.6) is 11.5 Å². The Hall–Kier alpha value is -3.35. The Morgan fingerprint density at radius 1 is 1.03 bits per heavy atom. The number of hydrogen-bond acceptors (Lipinski definition) is 7. The van der Waals surface area contributed by atoms with E-state index < -0.39 is 0 Å². The number of pyridine rings is 1. The molecule has 0 fully saturated rings. The first-order valence-corrected chi connectivity index (χ1v) is 10.0. The first kappa shape index (κ1) is 19.9. The number of fused-ring (bicyclic) bond motifs is 1. The average Bonchev–Trinajstić information content (AvgIpc) is 2.78. The second-order valence-electron chi connectivity index (χ2n) is 7.53. The smallest absolute Gasteiger partial charge is 0.161 e. The van der Waals surface area contributed by atoms with Gasteiger partial charge in [-0.25, -0.2) is 15.0 Å². The highest BCUT2D eigenvalue weighted by molar-refractivity contribution is 5.54. The van der Waals surface area contributed by atoms with Gasteiger partial charge in [-0.05, 0) is 36.2 Å². The van der Waals surface area contributed by atoms with E-state index in [4.69, 9.17) is 9.47 Å². The van der Waals surface area contributed by atoms with Crippen molar-refractivity contribution in [2.75, 3.05) is 37.6 Å². The molecule has 0 amide bonds. The Morgan fingerprint density at radius 3 is 2.60 bits per heavy atom. The Kier molecular flexibility index (Phi) is 5.70. The van der Waals surface area contributed by atoms with Gasteiger partial charge >= 0.3 is 0 Å². The van der Waals surface area contributed by atoms with E-state index >= 15 is 0 Å². The highest BCUT2D eigenvalue weighted by Gasteiger charge is 2.23. The van der Waals surface area contributed by atoms with Crippen molar-refractivity contribution in [1.29, 1.82) is 0 Å². The van der Waals surface area contributed by atoms with Crippen molar-refractivity contribution in [2.45, 2.75) is 26.4 Å². The van der Waals surface area contributed by atoms with E-state index in [1.54, 1.807) is 20.5 Å². The summed E-state index contributed by atoms with van der Waals surface area (Å²) in [5, 5.41) is 0. The molecule has 0 atom stereocenters. The van der Waals surface area contributed by atoms with E-state index in [0.29, 0.717) is 6.54 Å². The minimum Gasteiger partial charge on any atom is -0.493 e. The van der Waals surface area contributed by atoms with E-state index in [0.717, 1.165) is 65.0 Å². The molecule has 7 heteroatoms. The molecular weight excluding hydrogens is 378 g/mol. The van der Waals surface area contributed by atoms with Gasteiger partial charge in [-0.3, -0.25) is 0 Å². The van der Waals surface area contributed by atoms with Crippen molar-refractivity contribution in [2.24, 2.45) is 0 Å². The highest BCUT2D eigenvalue weighted by Crippen LogP contribution is 2.31. The summed E-state index contributed by atoms with van der Waals surface area (Å²) in [4.78, 5) is 18.2. The maximum Gasteiger partial charge on any atom is 0.161 e. The van der Waals surface area contributed by atoms with Crippen LogP contribution in [-0.2, 0) is 19.5 Å². The lowest BCUT2D eigenvalue weighted by atomic mass is 10.1. The first-order valence-electron chi connectivity index (χ1n) is 10.0. The summed E-state index contributed by atoms with van der Waals surface area (Å²) in [5.41, 5.74) is 4.56. The van der Waals surface area contributed by atoms with Crippen molar-refractivity contribution < 1.29 is 9.47 Å². The summed E-state index contributed by atoms with van der Waals surface area (Å²) >= 11 is 0. The van der Waals surface area contributed by atoms with Crippen LogP contribution in [0.25, 0.3) is 0 Å². The van der Waals surface area contributed by atoms with Gasteiger partial charge < -0.3 is 19.3 Å². The topological polar surface area (TPSA) is 63.6 Å². The van der Waals surface area contributed by atoms with Crippen molar-refractivity contribution in [3.63, 3.8) is 0 Å². The van der Waals surface area contributed by atoms with Crippen LogP contribution in [0, 0.1) is 6.92 Å². The van der Waals surface area contributed by atoms with Gasteiger partial charge in [-0.15, -0.1) is 0 Å². The zero-order chi connectivity index (χ0) is 21.1. The molecule has 1 aromatic carbocycles. The van der Waals surface area contributed by atoms with Gasteiger partial charge in [-0.2, -0.15) is 0 Å².